The lowest BCUT2D eigenvalue weighted by Gasteiger charge is -2.35. The van der Waals surface area contributed by atoms with Crippen molar-refractivity contribution in [1.82, 2.24) is 4.90 Å². The Balaban J connectivity index is 4.69. The molecule has 0 aliphatic carbocycles. The van der Waals surface area contributed by atoms with E-state index in [2.05, 4.69) is 32.6 Å². The van der Waals surface area contributed by atoms with Gasteiger partial charge in [-0.25, -0.2) is 0 Å². The zero-order chi connectivity index (χ0) is 12.7. The van der Waals surface area contributed by atoms with Crippen LogP contribution in [0, 0.1) is 5.92 Å². The van der Waals surface area contributed by atoms with E-state index in [4.69, 9.17) is 10.5 Å². The number of carbonyl (C=O) groups is 1. The summed E-state index contributed by atoms with van der Waals surface area (Å²) in [5.74, 6) is 0.0346. The van der Waals surface area contributed by atoms with Crippen LogP contribution in [0.3, 0.4) is 0 Å². The van der Waals surface area contributed by atoms with Crippen LogP contribution >= 0.6 is 0 Å². The fraction of sp³-hybridized carbons (Fsp3) is 0.917. The van der Waals surface area contributed by atoms with Crippen LogP contribution in [0.5, 0.6) is 0 Å². The zero-order valence-corrected chi connectivity index (χ0v) is 11.2. The largest absolute Gasteiger partial charge is 0.465 e. The topological polar surface area (TPSA) is 55.6 Å². The van der Waals surface area contributed by atoms with E-state index in [1.54, 1.807) is 6.92 Å². The molecular weight excluding hydrogens is 204 g/mol. The molecule has 0 heterocycles. The number of ether oxygens (including phenoxy) is 1. The summed E-state index contributed by atoms with van der Waals surface area (Å²) >= 11 is 0. The van der Waals surface area contributed by atoms with Gasteiger partial charge in [-0.05, 0) is 25.9 Å². The molecule has 0 amide bonds. The Morgan fingerprint density at radius 1 is 1.25 bits per heavy atom. The van der Waals surface area contributed by atoms with Gasteiger partial charge in [-0.3, -0.25) is 9.69 Å². The Kier molecular flexibility index (Phi) is 7.34. The molecule has 0 saturated heterocycles. The Bertz CT molecular complexity index is 203. The van der Waals surface area contributed by atoms with Gasteiger partial charge in [0.25, 0.3) is 0 Å². The second-order valence-corrected chi connectivity index (χ2v) is 4.23. The fourth-order valence-electron chi connectivity index (χ4n) is 2.09. The first-order valence-electron chi connectivity index (χ1n) is 6.15. The van der Waals surface area contributed by atoms with E-state index in [-0.39, 0.29) is 12.0 Å². The van der Waals surface area contributed by atoms with E-state index >= 15 is 0 Å². The number of nitrogens with zero attached hydrogens (tertiary/aromatic N) is 1. The first-order chi connectivity index (χ1) is 7.49. The summed E-state index contributed by atoms with van der Waals surface area (Å²) in [7, 11) is 0. The highest BCUT2D eigenvalue weighted by atomic mass is 16.5. The number of carbonyl (C=O) groups excluding carboxylic acids is 1. The van der Waals surface area contributed by atoms with Crippen molar-refractivity contribution in [2.75, 3.05) is 19.7 Å². The molecule has 4 nitrogen and oxygen atoms in total. The maximum Gasteiger partial charge on any atom is 0.324 e. The van der Waals surface area contributed by atoms with Crippen LogP contribution in [0.2, 0.25) is 0 Å². The summed E-state index contributed by atoms with van der Waals surface area (Å²) in [6, 6.07) is -0.506. The number of esters is 1. The predicted molar refractivity (Wildman–Crippen MR) is 66.2 cm³/mol. The molecule has 0 radical (unpaired) electrons. The number of hydrogen-bond donors (Lipinski definition) is 1. The Morgan fingerprint density at radius 3 is 2.06 bits per heavy atom. The molecule has 0 aromatic carbocycles. The van der Waals surface area contributed by atoms with Crippen molar-refractivity contribution in [2.24, 2.45) is 11.7 Å². The molecule has 2 atom stereocenters. The smallest absolute Gasteiger partial charge is 0.324 e. The van der Waals surface area contributed by atoms with Crippen molar-refractivity contribution in [2.45, 2.75) is 46.7 Å². The highest BCUT2D eigenvalue weighted by molar-refractivity contribution is 5.76. The quantitative estimate of drug-likeness (QED) is 0.669. The maximum absolute atomic E-state index is 11.7. The van der Waals surface area contributed by atoms with E-state index in [0.29, 0.717) is 12.5 Å². The second-order valence-electron chi connectivity index (χ2n) is 4.23. The third-order valence-corrected chi connectivity index (χ3v) is 2.84. The zero-order valence-electron chi connectivity index (χ0n) is 11.2. The predicted octanol–water partition coefficient (Wildman–Crippen LogP) is 1.24. The molecular formula is C12H26N2O2. The molecule has 2 N–H and O–H groups in total. The van der Waals surface area contributed by atoms with Crippen LogP contribution in [-0.4, -0.2) is 42.6 Å². The Morgan fingerprint density at radius 2 is 1.75 bits per heavy atom. The summed E-state index contributed by atoms with van der Waals surface area (Å²) in [6.07, 6.45) is 0. The minimum absolute atomic E-state index is 0.0500. The van der Waals surface area contributed by atoms with Crippen LogP contribution in [0.15, 0.2) is 0 Å². The van der Waals surface area contributed by atoms with Gasteiger partial charge in [0, 0.05) is 6.04 Å². The standard InChI is InChI=1S/C12H26N2O2/c1-6-14(7-2)11(9(4)5)10(13)12(15)16-8-3/h9-11H,6-8,13H2,1-5H3/t10-,11-/m0/s1. The number of likely N-dealkylation sites (N-methyl/N-ethyl adjacent to an activating group) is 1. The van der Waals surface area contributed by atoms with Crippen molar-refractivity contribution >= 4 is 5.97 Å². The molecule has 0 rings (SSSR count). The van der Waals surface area contributed by atoms with E-state index in [9.17, 15) is 4.79 Å². The molecule has 96 valence electrons. The number of nitrogens with two attached hydrogens (primary N) is 1. The number of hydrogen-bond acceptors (Lipinski definition) is 4. The summed E-state index contributed by atoms with van der Waals surface area (Å²) in [6.45, 7) is 12.3. The normalized spacial score (nSPS) is 15.2. The third kappa shape index (κ3) is 4.10. The van der Waals surface area contributed by atoms with Gasteiger partial charge in [-0.1, -0.05) is 27.7 Å². The molecule has 0 saturated carbocycles. The van der Waals surface area contributed by atoms with E-state index in [0.717, 1.165) is 13.1 Å². The van der Waals surface area contributed by atoms with E-state index in [1.165, 1.54) is 0 Å². The molecule has 0 fully saturated rings. The number of rotatable bonds is 7. The molecule has 0 aliphatic rings. The average molecular weight is 230 g/mol. The minimum atomic E-state index is -0.556. The molecule has 0 aliphatic heterocycles. The van der Waals surface area contributed by atoms with Crippen molar-refractivity contribution < 1.29 is 9.53 Å². The molecule has 0 aromatic rings. The van der Waals surface area contributed by atoms with Gasteiger partial charge in [0.2, 0.25) is 0 Å². The third-order valence-electron chi connectivity index (χ3n) is 2.84. The lowest BCUT2D eigenvalue weighted by Crippen LogP contribution is -2.54. The van der Waals surface area contributed by atoms with Crippen molar-refractivity contribution in [1.29, 1.82) is 0 Å². The van der Waals surface area contributed by atoms with Gasteiger partial charge in [-0.15, -0.1) is 0 Å². The lowest BCUT2D eigenvalue weighted by atomic mass is 9.95. The van der Waals surface area contributed by atoms with Crippen LogP contribution in [0.25, 0.3) is 0 Å². The van der Waals surface area contributed by atoms with Gasteiger partial charge in [0.1, 0.15) is 6.04 Å². The molecule has 0 aromatic heterocycles. The molecule has 0 unspecified atom stereocenters. The molecule has 4 heteroatoms. The summed E-state index contributed by atoms with van der Waals surface area (Å²) in [4.78, 5) is 13.9. The van der Waals surface area contributed by atoms with Crippen molar-refractivity contribution in [3.63, 3.8) is 0 Å². The SMILES string of the molecule is CCOC(=O)[C@@H](N)[C@H](C(C)C)N(CC)CC. The van der Waals surface area contributed by atoms with Crippen molar-refractivity contribution in [3.8, 4) is 0 Å². The van der Waals surface area contributed by atoms with Crippen LogP contribution in [0.1, 0.15) is 34.6 Å². The van der Waals surface area contributed by atoms with Gasteiger partial charge in [-0.2, -0.15) is 0 Å². The molecule has 0 bridgehead atoms. The van der Waals surface area contributed by atoms with Gasteiger partial charge in [0.15, 0.2) is 0 Å². The summed E-state index contributed by atoms with van der Waals surface area (Å²) in [5, 5.41) is 0. The first kappa shape index (κ1) is 15.4. The highest BCUT2D eigenvalue weighted by Crippen LogP contribution is 2.14. The lowest BCUT2D eigenvalue weighted by molar-refractivity contribution is -0.147. The first-order valence-corrected chi connectivity index (χ1v) is 6.15. The van der Waals surface area contributed by atoms with Crippen LogP contribution < -0.4 is 5.73 Å². The molecule has 0 spiro atoms. The van der Waals surface area contributed by atoms with Crippen molar-refractivity contribution in [3.05, 3.63) is 0 Å². The fourth-order valence-corrected chi connectivity index (χ4v) is 2.09. The highest BCUT2D eigenvalue weighted by Gasteiger charge is 2.31. The minimum Gasteiger partial charge on any atom is -0.465 e. The van der Waals surface area contributed by atoms with Gasteiger partial charge in [0.05, 0.1) is 6.61 Å². The summed E-state index contributed by atoms with van der Waals surface area (Å²) < 4.78 is 4.98. The van der Waals surface area contributed by atoms with Crippen LogP contribution in [-0.2, 0) is 9.53 Å². The molecule has 16 heavy (non-hydrogen) atoms. The van der Waals surface area contributed by atoms with Gasteiger partial charge < -0.3 is 10.5 Å². The maximum atomic E-state index is 11.7. The average Bonchev–Trinajstić information content (AvgIpc) is 2.24. The van der Waals surface area contributed by atoms with E-state index in [1.807, 2.05) is 0 Å². The van der Waals surface area contributed by atoms with Gasteiger partial charge >= 0.3 is 5.97 Å². The monoisotopic (exact) mass is 230 g/mol. The second kappa shape index (κ2) is 7.63. The Labute approximate surface area is 99.1 Å². The van der Waals surface area contributed by atoms with Crippen LogP contribution in [0.4, 0.5) is 0 Å². The van der Waals surface area contributed by atoms with E-state index < -0.39 is 6.04 Å². The Hall–Kier alpha value is -0.610. The summed E-state index contributed by atoms with van der Waals surface area (Å²) in [5.41, 5.74) is 5.98.